The maximum atomic E-state index is 12.6. The molecule has 3 rings (SSSR count). The average molecular weight is 422 g/mol. The van der Waals surface area contributed by atoms with Gasteiger partial charge < -0.3 is 24.1 Å². The Kier molecular flexibility index (Phi) is 7.51. The lowest BCUT2D eigenvalue weighted by molar-refractivity contribution is 0.0526. The van der Waals surface area contributed by atoms with Crippen LogP contribution in [0.4, 0.5) is 0 Å². The Balaban J connectivity index is 2.23. The van der Waals surface area contributed by atoms with Crippen LogP contribution in [0.5, 0.6) is 17.2 Å². The van der Waals surface area contributed by atoms with Crippen molar-refractivity contribution in [1.29, 1.82) is 0 Å². The second-order valence-electron chi connectivity index (χ2n) is 6.65. The molecule has 162 valence electrons. The number of ether oxygens (including phenoxy) is 4. The van der Waals surface area contributed by atoms with E-state index >= 15 is 0 Å². The van der Waals surface area contributed by atoms with Gasteiger partial charge in [-0.05, 0) is 54.4 Å². The van der Waals surface area contributed by atoms with Gasteiger partial charge in [0, 0.05) is 11.1 Å². The van der Waals surface area contributed by atoms with Crippen molar-refractivity contribution in [3.05, 3.63) is 66.2 Å². The summed E-state index contributed by atoms with van der Waals surface area (Å²) in [4.78, 5) is 12.6. The van der Waals surface area contributed by atoms with Crippen LogP contribution in [0, 0.1) is 0 Å². The van der Waals surface area contributed by atoms with E-state index in [1.807, 2.05) is 48.5 Å². The first-order valence-electron chi connectivity index (χ1n) is 9.99. The van der Waals surface area contributed by atoms with E-state index in [0.29, 0.717) is 22.4 Å². The number of hydrogen-bond donors (Lipinski definition) is 1. The molecule has 0 radical (unpaired) electrons. The van der Waals surface area contributed by atoms with Crippen molar-refractivity contribution in [3.63, 3.8) is 0 Å². The molecular weight excluding hydrogens is 396 g/mol. The zero-order chi connectivity index (χ0) is 22.2. The summed E-state index contributed by atoms with van der Waals surface area (Å²) in [7, 11) is 3.21. The van der Waals surface area contributed by atoms with Gasteiger partial charge in [0.05, 0.1) is 33.0 Å². The molecule has 0 heterocycles. The van der Waals surface area contributed by atoms with Gasteiger partial charge in [0.15, 0.2) is 0 Å². The number of carbonyl (C=O) groups excluding carboxylic acids is 1. The van der Waals surface area contributed by atoms with Gasteiger partial charge in [0.25, 0.3) is 0 Å². The minimum Gasteiger partial charge on any atom is -0.497 e. The summed E-state index contributed by atoms with van der Waals surface area (Å²) < 4.78 is 21.7. The number of aliphatic hydroxyl groups is 1. The molecule has 3 aromatic carbocycles. The molecule has 31 heavy (non-hydrogen) atoms. The van der Waals surface area contributed by atoms with Gasteiger partial charge in [0.1, 0.15) is 23.9 Å². The Hall–Kier alpha value is -3.51. The van der Waals surface area contributed by atoms with E-state index in [1.54, 1.807) is 33.3 Å². The topological polar surface area (TPSA) is 74.2 Å². The molecule has 0 saturated heterocycles. The van der Waals surface area contributed by atoms with Gasteiger partial charge in [-0.25, -0.2) is 4.79 Å². The number of rotatable bonds is 9. The SMILES string of the molecule is CCOC(=O)c1cc(-c2ccc(OC)cc2)c(OCCO)c(-c2ccc(OC)cc2)c1. The Bertz CT molecular complexity index is 941. The number of benzene rings is 3. The average Bonchev–Trinajstić information content (AvgIpc) is 2.82. The summed E-state index contributed by atoms with van der Waals surface area (Å²) in [5, 5.41) is 9.37. The summed E-state index contributed by atoms with van der Waals surface area (Å²) in [6.45, 7) is 2.03. The first kappa shape index (κ1) is 22.2. The van der Waals surface area contributed by atoms with Gasteiger partial charge in [-0.2, -0.15) is 0 Å². The molecule has 6 nitrogen and oxygen atoms in total. The lowest BCUT2D eigenvalue weighted by Crippen LogP contribution is -2.08. The van der Waals surface area contributed by atoms with Gasteiger partial charge in [-0.1, -0.05) is 24.3 Å². The molecule has 0 aliphatic heterocycles. The minimum absolute atomic E-state index is 0.116. The van der Waals surface area contributed by atoms with Crippen molar-refractivity contribution < 1.29 is 28.8 Å². The fraction of sp³-hybridized carbons (Fsp3) is 0.240. The monoisotopic (exact) mass is 422 g/mol. The Morgan fingerprint density at radius 2 is 1.32 bits per heavy atom. The first-order valence-corrected chi connectivity index (χ1v) is 9.99. The lowest BCUT2D eigenvalue weighted by atomic mass is 9.94. The maximum absolute atomic E-state index is 12.6. The molecule has 0 amide bonds. The number of esters is 1. The van der Waals surface area contributed by atoms with Crippen molar-refractivity contribution in [3.8, 4) is 39.5 Å². The van der Waals surface area contributed by atoms with Crippen molar-refractivity contribution in [2.45, 2.75) is 6.92 Å². The minimum atomic E-state index is -0.416. The normalized spacial score (nSPS) is 10.5. The van der Waals surface area contributed by atoms with Gasteiger partial charge in [-0.3, -0.25) is 0 Å². The van der Waals surface area contributed by atoms with Crippen LogP contribution in [0.15, 0.2) is 60.7 Å². The van der Waals surface area contributed by atoms with Crippen molar-refractivity contribution >= 4 is 5.97 Å². The predicted molar refractivity (Wildman–Crippen MR) is 119 cm³/mol. The number of hydrogen-bond acceptors (Lipinski definition) is 6. The molecule has 0 aliphatic carbocycles. The maximum Gasteiger partial charge on any atom is 0.338 e. The van der Waals surface area contributed by atoms with Crippen molar-refractivity contribution in [2.24, 2.45) is 0 Å². The standard InChI is InChI=1S/C25H26O6/c1-4-30-25(27)19-15-22(17-5-9-20(28-2)10-6-17)24(31-14-13-26)23(16-19)18-7-11-21(29-3)12-8-18/h5-12,15-16,26H,4,13-14H2,1-3H3. The summed E-state index contributed by atoms with van der Waals surface area (Å²) in [6, 6.07) is 18.5. The highest BCUT2D eigenvalue weighted by Crippen LogP contribution is 2.41. The molecule has 0 bridgehead atoms. The largest absolute Gasteiger partial charge is 0.497 e. The van der Waals surface area contributed by atoms with E-state index in [2.05, 4.69) is 0 Å². The second kappa shape index (κ2) is 10.5. The molecule has 3 aromatic rings. The van der Waals surface area contributed by atoms with Gasteiger partial charge in [0.2, 0.25) is 0 Å². The van der Waals surface area contributed by atoms with Crippen LogP contribution in [0.3, 0.4) is 0 Å². The highest BCUT2D eigenvalue weighted by molar-refractivity contribution is 5.96. The van der Waals surface area contributed by atoms with E-state index in [4.69, 9.17) is 18.9 Å². The van der Waals surface area contributed by atoms with Crippen molar-refractivity contribution in [2.75, 3.05) is 34.0 Å². The third kappa shape index (κ3) is 5.16. The Morgan fingerprint density at radius 1 is 0.839 bits per heavy atom. The summed E-state index contributed by atoms with van der Waals surface area (Å²) in [5.41, 5.74) is 3.53. The highest BCUT2D eigenvalue weighted by atomic mass is 16.5. The quantitative estimate of drug-likeness (QED) is 0.509. The van der Waals surface area contributed by atoms with Crippen LogP contribution < -0.4 is 14.2 Å². The van der Waals surface area contributed by atoms with Crippen LogP contribution in [-0.4, -0.2) is 45.1 Å². The van der Waals surface area contributed by atoms with Crippen LogP contribution in [0.1, 0.15) is 17.3 Å². The zero-order valence-electron chi connectivity index (χ0n) is 17.9. The molecular formula is C25H26O6. The van der Waals surface area contributed by atoms with E-state index in [0.717, 1.165) is 22.6 Å². The summed E-state index contributed by atoms with van der Waals surface area (Å²) in [5.74, 6) is 1.59. The summed E-state index contributed by atoms with van der Waals surface area (Å²) >= 11 is 0. The smallest absolute Gasteiger partial charge is 0.338 e. The molecule has 1 N–H and O–H groups in total. The molecule has 0 saturated carbocycles. The fourth-order valence-corrected chi connectivity index (χ4v) is 3.23. The lowest BCUT2D eigenvalue weighted by Gasteiger charge is -2.18. The zero-order valence-corrected chi connectivity index (χ0v) is 17.9. The van der Waals surface area contributed by atoms with E-state index in [1.165, 1.54) is 0 Å². The molecule has 0 aromatic heterocycles. The molecule has 0 spiro atoms. The Morgan fingerprint density at radius 3 is 1.71 bits per heavy atom. The van der Waals surface area contributed by atoms with Gasteiger partial charge >= 0.3 is 5.97 Å². The third-order valence-corrected chi connectivity index (χ3v) is 4.74. The number of methoxy groups -OCH3 is 2. The van der Waals surface area contributed by atoms with E-state index < -0.39 is 5.97 Å². The van der Waals surface area contributed by atoms with E-state index in [-0.39, 0.29) is 19.8 Å². The number of carbonyl (C=O) groups is 1. The molecule has 0 fully saturated rings. The molecule has 0 atom stereocenters. The van der Waals surface area contributed by atoms with Crippen molar-refractivity contribution in [1.82, 2.24) is 0 Å². The Labute approximate surface area is 182 Å². The van der Waals surface area contributed by atoms with E-state index in [9.17, 15) is 9.90 Å². The van der Waals surface area contributed by atoms with Gasteiger partial charge in [-0.15, -0.1) is 0 Å². The van der Waals surface area contributed by atoms with Crippen LogP contribution >= 0.6 is 0 Å². The molecule has 6 heteroatoms. The van der Waals surface area contributed by atoms with Crippen LogP contribution in [0.2, 0.25) is 0 Å². The van der Waals surface area contributed by atoms with Crippen LogP contribution in [-0.2, 0) is 4.74 Å². The second-order valence-corrected chi connectivity index (χ2v) is 6.65. The molecule has 0 unspecified atom stereocenters. The predicted octanol–water partition coefficient (Wildman–Crippen LogP) is 4.59. The van der Waals surface area contributed by atoms with Crippen LogP contribution in [0.25, 0.3) is 22.3 Å². The first-order chi connectivity index (χ1) is 15.1. The summed E-state index contributed by atoms with van der Waals surface area (Å²) in [6.07, 6.45) is 0. The highest BCUT2D eigenvalue weighted by Gasteiger charge is 2.19. The fourth-order valence-electron chi connectivity index (χ4n) is 3.23. The molecule has 0 aliphatic rings. The third-order valence-electron chi connectivity index (χ3n) is 4.74. The number of aliphatic hydroxyl groups excluding tert-OH is 1.